The van der Waals surface area contributed by atoms with E-state index in [0.29, 0.717) is 6.61 Å². The van der Waals surface area contributed by atoms with E-state index in [0.717, 1.165) is 19.7 Å². The molecule has 0 aromatic heterocycles. The molecular formula is C14H24N2O. The Morgan fingerprint density at radius 2 is 1.88 bits per heavy atom. The number of hydrogen-bond acceptors (Lipinski definition) is 3. The number of ether oxygens (including phenoxy) is 1. The second kappa shape index (κ2) is 6.74. The molecule has 0 radical (unpaired) electrons. The van der Waals surface area contributed by atoms with Crippen molar-refractivity contribution in [3.8, 4) is 0 Å². The van der Waals surface area contributed by atoms with Crippen molar-refractivity contribution in [1.82, 2.24) is 5.32 Å². The normalized spacial score (nSPS) is 11.8. The monoisotopic (exact) mass is 236 g/mol. The van der Waals surface area contributed by atoms with Crippen LogP contribution >= 0.6 is 0 Å². The SMILES string of the molecule is CCOCc1ccccc1CNCC(C)(C)N. The second-order valence-corrected chi connectivity index (χ2v) is 5.00. The summed E-state index contributed by atoms with van der Waals surface area (Å²) in [5.41, 5.74) is 8.29. The van der Waals surface area contributed by atoms with Crippen molar-refractivity contribution in [1.29, 1.82) is 0 Å². The zero-order valence-corrected chi connectivity index (χ0v) is 11.1. The first-order valence-electron chi connectivity index (χ1n) is 6.17. The summed E-state index contributed by atoms with van der Waals surface area (Å²) < 4.78 is 5.45. The van der Waals surface area contributed by atoms with Crippen molar-refractivity contribution in [2.45, 2.75) is 39.5 Å². The number of benzene rings is 1. The smallest absolute Gasteiger partial charge is 0.0719 e. The molecule has 0 unspecified atom stereocenters. The highest BCUT2D eigenvalue weighted by molar-refractivity contribution is 5.26. The lowest BCUT2D eigenvalue weighted by molar-refractivity contribution is 0.133. The van der Waals surface area contributed by atoms with Crippen LogP contribution in [0.2, 0.25) is 0 Å². The fourth-order valence-electron chi connectivity index (χ4n) is 1.60. The summed E-state index contributed by atoms with van der Waals surface area (Å²) in [4.78, 5) is 0. The Kier molecular flexibility index (Phi) is 5.62. The van der Waals surface area contributed by atoms with E-state index in [4.69, 9.17) is 10.5 Å². The second-order valence-electron chi connectivity index (χ2n) is 5.00. The van der Waals surface area contributed by atoms with Crippen LogP contribution in [0.4, 0.5) is 0 Å². The Balaban J connectivity index is 2.51. The summed E-state index contributed by atoms with van der Waals surface area (Å²) in [6.45, 7) is 9.12. The first-order valence-corrected chi connectivity index (χ1v) is 6.17. The molecule has 0 saturated carbocycles. The van der Waals surface area contributed by atoms with E-state index < -0.39 is 0 Å². The van der Waals surface area contributed by atoms with Crippen molar-refractivity contribution in [3.63, 3.8) is 0 Å². The Morgan fingerprint density at radius 3 is 2.47 bits per heavy atom. The summed E-state index contributed by atoms with van der Waals surface area (Å²) in [5, 5.41) is 3.38. The largest absolute Gasteiger partial charge is 0.377 e. The Labute approximate surface area is 104 Å². The van der Waals surface area contributed by atoms with E-state index in [1.54, 1.807) is 0 Å². The van der Waals surface area contributed by atoms with Crippen molar-refractivity contribution in [2.24, 2.45) is 5.73 Å². The summed E-state index contributed by atoms with van der Waals surface area (Å²) in [7, 11) is 0. The molecule has 1 aromatic carbocycles. The maximum atomic E-state index is 5.93. The molecule has 3 nitrogen and oxygen atoms in total. The van der Waals surface area contributed by atoms with Crippen LogP contribution in [0.3, 0.4) is 0 Å². The molecule has 3 N–H and O–H groups in total. The zero-order valence-electron chi connectivity index (χ0n) is 11.1. The minimum atomic E-state index is -0.172. The molecule has 0 aliphatic heterocycles. The first kappa shape index (κ1) is 14.2. The number of rotatable bonds is 7. The van der Waals surface area contributed by atoms with Gasteiger partial charge in [-0.3, -0.25) is 0 Å². The lowest BCUT2D eigenvalue weighted by Gasteiger charge is -2.19. The van der Waals surface area contributed by atoms with Crippen LogP contribution in [0.25, 0.3) is 0 Å². The minimum absolute atomic E-state index is 0.172. The lowest BCUT2D eigenvalue weighted by Crippen LogP contribution is -2.42. The van der Waals surface area contributed by atoms with Gasteiger partial charge in [0.25, 0.3) is 0 Å². The Bertz CT molecular complexity index is 331. The molecule has 0 aliphatic carbocycles. The molecule has 0 heterocycles. The van der Waals surface area contributed by atoms with E-state index in [-0.39, 0.29) is 5.54 Å². The molecule has 1 aromatic rings. The van der Waals surface area contributed by atoms with Gasteiger partial charge in [-0.05, 0) is 31.9 Å². The van der Waals surface area contributed by atoms with Gasteiger partial charge in [0.05, 0.1) is 6.61 Å². The molecule has 1 rings (SSSR count). The van der Waals surface area contributed by atoms with Gasteiger partial charge < -0.3 is 15.8 Å². The standard InChI is InChI=1S/C14H24N2O/c1-4-17-10-13-8-6-5-7-12(13)9-16-11-14(2,3)15/h5-8,16H,4,9-11,15H2,1-3H3. The third kappa shape index (κ3) is 5.82. The molecule has 0 atom stereocenters. The molecule has 3 heteroatoms. The fraction of sp³-hybridized carbons (Fsp3) is 0.571. The molecule has 96 valence electrons. The number of hydrogen-bond donors (Lipinski definition) is 2. The third-order valence-corrected chi connectivity index (χ3v) is 2.48. The average Bonchev–Trinajstić information content (AvgIpc) is 2.26. The maximum absolute atomic E-state index is 5.93. The van der Waals surface area contributed by atoms with Gasteiger partial charge in [-0.15, -0.1) is 0 Å². The maximum Gasteiger partial charge on any atom is 0.0719 e. The van der Waals surface area contributed by atoms with Gasteiger partial charge in [0.1, 0.15) is 0 Å². The van der Waals surface area contributed by atoms with Gasteiger partial charge in [-0.1, -0.05) is 24.3 Å². The summed E-state index contributed by atoms with van der Waals surface area (Å²) in [5.74, 6) is 0. The van der Waals surface area contributed by atoms with E-state index in [1.807, 2.05) is 26.8 Å². The fourth-order valence-corrected chi connectivity index (χ4v) is 1.60. The van der Waals surface area contributed by atoms with E-state index >= 15 is 0 Å². The minimum Gasteiger partial charge on any atom is -0.377 e. The van der Waals surface area contributed by atoms with Crippen LogP contribution in [0, 0.1) is 0 Å². The van der Waals surface area contributed by atoms with Crippen molar-refractivity contribution < 1.29 is 4.74 Å². The summed E-state index contributed by atoms with van der Waals surface area (Å²) in [6.07, 6.45) is 0. The molecule has 0 aliphatic rings. The van der Waals surface area contributed by atoms with Crippen LogP contribution in [-0.4, -0.2) is 18.7 Å². The topological polar surface area (TPSA) is 47.3 Å². The highest BCUT2D eigenvalue weighted by atomic mass is 16.5. The summed E-state index contributed by atoms with van der Waals surface area (Å²) >= 11 is 0. The number of nitrogens with two attached hydrogens (primary N) is 1. The molecule has 0 spiro atoms. The molecule has 0 fully saturated rings. The molecule has 0 saturated heterocycles. The zero-order chi connectivity index (χ0) is 12.7. The van der Waals surface area contributed by atoms with Crippen LogP contribution in [0.15, 0.2) is 24.3 Å². The molecule has 17 heavy (non-hydrogen) atoms. The van der Waals surface area contributed by atoms with Gasteiger partial charge in [-0.2, -0.15) is 0 Å². The van der Waals surface area contributed by atoms with E-state index in [1.165, 1.54) is 11.1 Å². The van der Waals surface area contributed by atoms with Crippen molar-refractivity contribution in [3.05, 3.63) is 35.4 Å². The van der Waals surface area contributed by atoms with Gasteiger partial charge in [0.2, 0.25) is 0 Å². The highest BCUT2D eigenvalue weighted by Crippen LogP contribution is 2.10. The predicted octanol–water partition coefficient (Wildman–Crippen LogP) is 2.05. The van der Waals surface area contributed by atoms with Crippen LogP contribution in [-0.2, 0) is 17.9 Å². The van der Waals surface area contributed by atoms with Crippen molar-refractivity contribution in [2.75, 3.05) is 13.2 Å². The molecule has 0 bridgehead atoms. The van der Waals surface area contributed by atoms with Gasteiger partial charge in [-0.25, -0.2) is 0 Å². The highest BCUT2D eigenvalue weighted by Gasteiger charge is 2.09. The Morgan fingerprint density at radius 1 is 1.24 bits per heavy atom. The predicted molar refractivity (Wildman–Crippen MR) is 71.7 cm³/mol. The lowest BCUT2D eigenvalue weighted by atomic mass is 10.1. The van der Waals surface area contributed by atoms with Gasteiger partial charge >= 0.3 is 0 Å². The molecule has 0 amide bonds. The Hall–Kier alpha value is -0.900. The van der Waals surface area contributed by atoms with Gasteiger partial charge in [0, 0.05) is 25.2 Å². The van der Waals surface area contributed by atoms with Crippen molar-refractivity contribution >= 4 is 0 Å². The first-order chi connectivity index (χ1) is 8.03. The quantitative estimate of drug-likeness (QED) is 0.761. The van der Waals surface area contributed by atoms with Crippen LogP contribution < -0.4 is 11.1 Å². The van der Waals surface area contributed by atoms with E-state index in [2.05, 4.69) is 23.5 Å². The third-order valence-electron chi connectivity index (χ3n) is 2.48. The van der Waals surface area contributed by atoms with Crippen LogP contribution in [0.1, 0.15) is 31.9 Å². The van der Waals surface area contributed by atoms with Crippen LogP contribution in [0.5, 0.6) is 0 Å². The van der Waals surface area contributed by atoms with E-state index in [9.17, 15) is 0 Å². The number of nitrogens with one attached hydrogen (secondary N) is 1. The van der Waals surface area contributed by atoms with Gasteiger partial charge in [0.15, 0.2) is 0 Å². The molecular weight excluding hydrogens is 212 g/mol. The summed E-state index contributed by atoms with van der Waals surface area (Å²) in [6, 6.07) is 8.34. The average molecular weight is 236 g/mol.